The molecule has 1 rings (SSSR count). The van der Waals surface area contributed by atoms with Crippen LogP contribution >= 0.6 is 23.9 Å². The Bertz CT molecular complexity index is 975. The molecule has 18 heteroatoms. The first-order valence-corrected chi connectivity index (χ1v) is 12.2. The van der Waals surface area contributed by atoms with Gasteiger partial charge in [0.05, 0.1) is 18.8 Å². The van der Waals surface area contributed by atoms with Gasteiger partial charge in [-0.05, 0) is 18.2 Å². The molecule has 0 radical (unpaired) electrons. The molecule has 6 N–H and O–H groups in total. The molecule has 0 saturated heterocycles. The number of aryl methyl sites for hydroxylation is 1. The predicted molar refractivity (Wildman–Crippen MR) is 99.5 cm³/mol. The molecule has 0 aromatic carbocycles. The maximum absolute atomic E-state index is 11.9. The summed E-state index contributed by atoms with van der Waals surface area (Å²) in [5, 5.41) is 20.6. The lowest BCUT2D eigenvalue weighted by molar-refractivity contribution is -0.0478. The third kappa shape index (κ3) is 7.88. The number of aromatic amines is 1. The molecular formula is C12H22N2O13P3+. The smallest absolute Gasteiger partial charge is 0.390 e. The van der Waals surface area contributed by atoms with Gasteiger partial charge in [0, 0.05) is 22.2 Å². The standard InChI is InChI=1S/C12H21N2O13P3/c1-6-4-14(12(18)13-11(6)17)8(3)10(16)9(15)7(2)5-25-29(21,22)27-30(23,24)26-28(19)20/h4,7-10,15-16H,5H2,1-3H3,(H3-,13,17,18,19,20,21,22,23,24)/p+1/t7-,8-,9?,10-/m1/s1. The fraction of sp³-hybridized carbons (Fsp3) is 0.667. The summed E-state index contributed by atoms with van der Waals surface area (Å²) < 4.78 is 46.1. The number of nitrogens with zero attached hydrogens (tertiary/aromatic N) is 1. The van der Waals surface area contributed by atoms with Gasteiger partial charge in [-0.25, -0.2) is 13.9 Å². The number of aromatic nitrogens is 2. The number of aliphatic hydroxyl groups is 2. The summed E-state index contributed by atoms with van der Waals surface area (Å²) in [7, 11) is -14.3. The van der Waals surface area contributed by atoms with Crippen molar-refractivity contribution in [3.63, 3.8) is 0 Å². The second-order valence-electron chi connectivity index (χ2n) is 6.31. The normalized spacial score (nSPS) is 20.5. The highest BCUT2D eigenvalue weighted by Crippen LogP contribution is 2.63. The van der Waals surface area contributed by atoms with E-state index in [1.165, 1.54) is 27.0 Å². The zero-order valence-electron chi connectivity index (χ0n) is 15.9. The number of phosphoric ester groups is 1. The number of hydrogen-bond donors (Lipinski definition) is 6. The quantitative estimate of drug-likeness (QED) is 0.216. The number of nitrogens with one attached hydrogen (secondary N) is 1. The molecule has 0 amide bonds. The molecule has 0 aliphatic rings. The van der Waals surface area contributed by atoms with E-state index in [1.807, 2.05) is 4.98 Å². The van der Waals surface area contributed by atoms with Crippen molar-refractivity contribution in [3.05, 3.63) is 32.6 Å². The third-order valence-electron chi connectivity index (χ3n) is 3.89. The van der Waals surface area contributed by atoms with Gasteiger partial charge in [0.2, 0.25) is 0 Å². The Morgan fingerprint density at radius 2 is 1.73 bits per heavy atom. The summed E-state index contributed by atoms with van der Waals surface area (Å²) >= 11 is 0. The van der Waals surface area contributed by atoms with Gasteiger partial charge in [-0.3, -0.25) is 23.8 Å². The molecule has 0 aliphatic heterocycles. The highest BCUT2D eigenvalue weighted by atomic mass is 31.3. The zero-order chi connectivity index (χ0) is 23.4. The number of rotatable bonds is 11. The maximum Gasteiger partial charge on any atom is 0.705 e. The molecule has 0 bridgehead atoms. The number of H-pyrrole nitrogens is 1. The minimum atomic E-state index is -5.39. The minimum absolute atomic E-state index is 0.179. The molecule has 0 aliphatic carbocycles. The van der Waals surface area contributed by atoms with Crippen LogP contribution in [0.2, 0.25) is 0 Å². The van der Waals surface area contributed by atoms with Gasteiger partial charge < -0.3 is 15.1 Å². The lowest BCUT2D eigenvalue weighted by Gasteiger charge is -2.29. The summed E-state index contributed by atoms with van der Waals surface area (Å²) in [5.74, 6) is -1.07. The van der Waals surface area contributed by atoms with Crippen molar-refractivity contribution < 1.29 is 51.7 Å². The SMILES string of the molecule is Cc1cn([C@H](C)[C@@H](O)C(O)[C@H](C)COP(=O)(O)OP(=O)(O)O[P+](=O)O)c(=O)[nH]c1=O. The molecule has 30 heavy (non-hydrogen) atoms. The molecule has 0 fully saturated rings. The van der Waals surface area contributed by atoms with Crippen molar-refractivity contribution in [3.8, 4) is 0 Å². The highest BCUT2D eigenvalue weighted by Gasteiger charge is 2.43. The first kappa shape index (κ1) is 27.0. The van der Waals surface area contributed by atoms with E-state index in [9.17, 15) is 38.4 Å². The Labute approximate surface area is 170 Å². The fourth-order valence-corrected chi connectivity index (χ4v) is 4.99. The van der Waals surface area contributed by atoms with Gasteiger partial charge >= 0.3 is 29.6 Å². The Kier molecular flexibility index (Phi) is 9.42. The van der Waals surface area contributed by atoms with Gasteiger partial charge in [-0.1, -0.05) is 6.92 Å². The van der Waals surface area contributed by atoms with Crippen molar-refractivity contribution in [1.29, 1.82) is 0 Å². The summed E-state index contributed by atoms with van der Waals surface area (Å²) in [6, 6.07) is -1.03. The van der Waals surface area contributed by atoms with Crippen LogP contribution in [0.25, 0.3) is 0 Å². The van der Waals surface area contributed by atoms with Crippen LogP contribution in [0.3, 0.4) is 0 Å². The minimum Gasteiger partial charge on any atom is -0.390 e. The number of phosphoric acid groups is 2. The average Bonchev–Trinajstić information content (AvgIpc) is 2.58. The van der Waals surface area contributed by atoms with E-state index < -0.39 is 65.9 Å². The summed E-state index contributed by atoms with van der Waals surface area (Å²) in [4.78, 5) is 52.2. The number of hydrogen-bond acceptors (Lipinski definition) is 10. The van der Waals surface area contributed by atoms with Crippen molar-refractivity contribution in [2.24, 2.45) is 5.92 Å². The summed E-state index contributed by atoms with van der Waals surface area (Å²) in [5.41, 5.74) is -1.27. The van der Waals surface area contributed by atoms with E-state index in [1.54, 1.807) is 0 Å². The lowest BCUT2D eigenvalue weighted by atomic mass is 9.96. The molecular weight excluding hydrogens is 473 g/mol. The van der Waals surface area contributed by atoms with Gasteiger partial charge in [-0.2, -0.15) is 4.31 Å². The largest absolute Gasteiger partial charge is 0.705 e. The van der Waals surface area contributed by atoms with E-state index in [-0.39, 0.29) is 5.56 Å². The van der Waals surface area contributed by atoms with E-state index in [0.717, 1.165) is 4.57 Å². The van der Waals surface area contributed by atoms with Crippen molar-refractivity contribution in [2.45, 2.75) is 39.0 Å². The topological polar surface area (TPSA) is 235 Å². The van der Waals surface area contributed by atoms with Crippen LogP contribution in [0.4, 0.5) is 0 Å². The van der Waals surface area contributed by atoms with E-state index in [4.69, 9.17) is 9.79 Å². The van der Waals surface area contributed by atoms with Crippen molar-refractivity contribution >= 4 is 23.9 Å². The van der Waals surface area contributed by atoms with Crippen LogP contribution in [0.1, 0.15) is 25.5 Å². The van der Waals surface area contributed by atoms with E-state index in [2.05, 4.69) is 13.1 Å². The van der Waals surface area contributed by atoms with Crippen LogP contribution in [-0.4, -0.2) is 53.3 Å². The fourth-order valence-electron chi connectivity index (χ4n) is 2.24. The zero-order valence-corrected chi connectivity index (χ0v) is 18.6. The van der Waals surface area contributed by atoms with Gasteiger partial charge in [0.25, 0.3) is 5.56 Å². The Hall–Kier alpha value is -1.08. The van der Waals surface area contributed by atoms with Crippen LogP contribution < -0.4 is 11.2 Å². The van der Waals surface area contributed by atoms with Gasteiger partial charge in [0.1, 0.15) is 6.10 Å². The molecule has 1 heterocycles. The second-order valence-corrected chi connectivity index (χ2v) is 10.2. The second kappa shape index (κ2) is 10.5. The Balaban J connectivity index is 2.81. The molecule has 4 unspecified atom stereocenters. The van der Waals surface area contributed by atoms with Crippen molar-refractivity contribution in [2.75, 3.05) is 6.61 Å². The Morgan fingerprint density at radius 1 is 1.17 bits per heavy atom. The van der Waals surface area contributed by atoms with Crippen LogP contribution in [0.15, 0.2) is 15.8 Å². The van der Waals surface area contributed by atoms with Gasteiger partial charge in [0.15, 0.2) is 0 Å². The molecule has 172 valence electrons. The van der Waals surface area contributed by atoms with E-state index in [0.29, 0.717) is 0 Å². The summed E-state index contributed by atoms with van der Waals surface area (Å²) in [6.07, 6.45) is -2.04. The molecule has 1 aromatic rings. The van der Waals surface area contributed by atoms with E-state index >= 15 is 0 Å². The molecule has 7 atom stereocenters. The number of aliphatic hydroxyl groups excluding tert-OH is 2. The first-order valence-electron chi connectivity index (χ1n) is 8.12. The monoisotopic (exact) mass is 495 g/mol. The van der Waals surface area contributed by atoms with Crippen molar-refractivity contribution in [1.82, 2.24) is 9.55 Å². The van der Waals surface area contributed by atoms with Gasteiger partial charge in [-0.15, -0.1) is 4.89 Å². The molecule has 0 saturated carbocycles. The molecule has 1 aromatic heterocycles. The summed E-state index contributed by atoms with van der Waals surface area (Å²) in [6.45, 7) is 3.30. The first-order chi connectivity index (χ1) is 13.6. The Morgan fingerprint density at radius 3 is 2.27 bits per heavy atom. The van der Waals surface area contributed by atoms with Crippen LogP contribution in [0, 0.1) is 12.8 Å². The molecule has 0 spiro atoms. The average molecular weight is 495 g/mol. The predicted octanol–water partition coefficient (Wildman–Crippen LogP) is -0.336. The van der Waals surface area contributed by atoms with Crippen LogP contribution in [0.5, 0.6) is 0 Å². The molecule has 15 nitrogen and oxygen atoms in total. The maximum atomic E-state index is 11.9. The third-order valence-corrected chi connectivity index (χ3v) is 7.40. The lowest BCUT2D eigenvalue weighted by Crippen LogP contribution is -2.43. The highest BCUT2D eigenvalue weighted by molar-refractivity contribution is 7.64. The van der Waals surface area contributed by atoms with Crippen LogP contribution in [-0.2, 0) is 26.8 Å².